The highest BCUT2D eigenvalue weighted by Crippen LogP contribution is 2.28. The van der Waals surface area contributed by atoms with Gasteiger partial charge in [0.25, 0.3) is 0 Å². The van der Waals surface area contributed by atoms with Gasteiger partial charge in [-0.25, -0.2) is 9.97 Å². The number of rotatable bonds is 8. The molecule has 2 aromatic carbocycles. The summed E-state index contributed by atoms with van der Waals surface area (Å²) in [6.07, 6.45) is 1.67. The molecule has 36 heavy (non-hydrogen) atoms. The van der Waals surface area contributed by atoms with E-state index in [0.29, 0.717) is 23.0 Å². The zero-order valence-corrected chi connectivity index (χ0v) is 20.7. The maximum Gasteiger partial charge on any atom is 0.314 e. The largest absolute Gasteiger partial charge is 0.491 e. The van der Waals surface area contributed by atoms with Crippen LogP contribution in [0.15, 0.2) is 54.7 Å². The summed E-state index contributed by atoms with van der Waals surface area (Å²) >= 11 is 0. The second-order valence-electron chi connectivity index (χ2n) is 9.02. The Morgan fingerprint density at radius 2 is 1.92 bits per heavy atom. The number of ether oxygens (including phenoxy) is 3. The molecule has 0 bridgehead atoms. The Balaban J connectivity index is 1.46. The minimum absolute atomic E-state index is 0.0829. The van der Waals surface area contributed by atoms with Gasteiger partial charge in [0.2, 0.25) is 5.95 Å². The van der Waals surface area contributed by atoms with Crippen molar-refractivity contribution < 1.29 is 19.0 Å². The predicted octanol–water partition coefficient (Wildman–Crippen LogP) is 4.17. The third kappa shape index (κ3) is 5.90. The van der Waals surface area contributed by atoms with E-state index in [1.807, 2.05) is 18.2 Å². The molecule has 0 unspecified atom stereocenters. The van der Waals surface area contributed by atoms with Gasteiger partial charge in [-0.05, 0) is 62.4 Å². The number of esters is 1. The van der Waals surface area contributed by atoms with Crippen molar-refractivity contribution in [3.63, 3.8) is 0 Å². The van der Waals surface area contributed by atoms with Crippen LogP contribution in [0.3, 0.4) is 0 Å². The molecular formula is C27H29N5O4. The van der Waals surface area contributed by atoms with Gasteiger partial charge in [-0.2, -0.15) is 5.26 Å². The van der Waals surface area contributed by atoms with Crippen LogP contribution in [0.5, 0.6) is 5.75 Å². The lowest BCUT2D eigenvalue weighted by molar-refractivity contribution is -0.152. The first-order valence-electron chi connectivity index (χ1n) is 11.7. The monoisotopic (exact) mass is 487 g/mol. The number of morpholine rings is 1. The maximum absolute atomic E-state index is 11.9. The Morgan fingerprint density at radius 1 is 1.17 bits per heavy atom. The lowest BCUT2D eigenvalue weighted by atomic mass is 9.95. The molecule has 9 nitrogen and oxygen atoms in total. The highest BCUT2D eigenvalue weighted by molar-refractivity contribution is 5.76. The Labute approximate surface area is 210 Å². The van der Waals surface area contributed by atoms with Crippen molar-refractivity contribution in [1.29, 1.82) is 5.26 Å². The standard InChI is InChI=1S/C27H29N5O4/c1-27(2,25(33)34-3)18-36-24-9-4-19(16-20(24)17-28)23-10-11-29-26(31-23)30-21-5-7-22(8-6-21)32-12-14-35-15-13-32/h4-11,16H,12-15,18H2,1-3H3,(H,29,30,31). The molecule has 4 rings (SSSR count). The van der Waals surface area contributed by atoms with E-state index in [1.165, 1.54) is 7.11 Å². The lowest BCUT2D eigenvalue weighted by Gasteiger charge is -2.28. The number of nitrogens with one attached hydrogen (secondary N) is 1. The molecule has 0 radical (unpaired) electrons. The number of nitriles is 1. The Hall–Kier alpha value is -4.16. The zero-order valence-electron chi connectivity index (χ0n) is 20.7. The Bertz CT molecular complexity index is 1250. The molecule has 1 aliphatic rings. The molecule has 0 aliphatic carbocycles. The van der Waals surface area contributed by atoms with Crippen LogP contribution in [0.4, 0.5) is 17.3 Å². The highest BCUT2D eigenvalue weighted by Gasteiger charge is 2.30. The summed E-state index contributed by atoms with van der Waals surface area (Å²) in [6.45, 7) is 6.79. The van der Waals surface area contributed by atoms with Crippen LogP contribution in [0, 0.1) is 16.7 Å². The van der Waals surface area contributed by atoms with E-state index in [4.69, 9.17) is 14.2 Å². The molecule has 2 heterocycles. The number of methoxy groups -OCH3 is 1. The van der Waals surface area contributed by atoms with Crippen LogP contribution in [-0.4, -0.2) is 56.0 Å². The zero-order chi connectivity index (χ0) is 25.5. The molecule has 186 valence electrons. The van der Waals surface area contributed by atoms with E-state index >= 15 is 0 Å². The van der Waals surface area contributed by atoms with Crippen molar-refractivity contribution in [1.82, 2.24) is 9.97 Å². The first kappa shape index (κ1) is 24.9. The van der Waals surface area contributed by atoms with Crippen molar-refractivity contribution in [2.45, 2.75) is 13.8 Å². The van der Waals surface area contributed by atoms with Crippen LogP contribution in [0.2, 0.25) is 0 Å². The topological polar surface area (TPSA) is 110 Å². The van der Waals surface area contributed by atoms with Crippen molar-refractivity contribution in [3.8, 4) is 23.1 Å². The summed E-state index contributed by atoms with van der Waals surface area (Å²) in [4.78, 5) is 23.1. The van der Waals surface area contributed by atoms with Crippen molar-refractivity contribution in [3.05, 3.63) is 60.3 Å². The molecule has 0 saturated carbocycles. The van der Waals surface area contributed by atoms with Crippen molar-refractivity contribution in [2.75, 3.05) is 50.2 Å². The van der Waals surface area contributed by atoms with E-state index in [-0.39, 0.29) is 12.6 Å². The summed E-state index contributed by atoms with van der Waals surface area (Å²) in [5.74, 6) is 0.464. The first-order valence-corrected chi connectivity index (χ1v) is 11.7. The quantitative estimate of drug-likeness (QED) is 0.468. The molecule has 0 spiro atoms. The number of hydrogen-bond acceptors (Lipinski definition) is 9. The molecule has 1 fully saturated rings. The van der Waals surface area contributed by atoms with E-state index < -0.39 is 5.41 Å². The van der Waals surface area contributed by atoms with Crippen LogP contribution < -0.4 is 15.0 Å². The van der Waals surface area contributed by atoms with Crippen LogP contribution >= 0.6 is 0 Å². The van der Waals surface area contributed by atoms with E-state index in [0.717, 1.165) is 43.2 Å². The first-order chi connectivity index (χ1) is 17.4. The molecule has 1 saturated heterocycles. The van der Waals surface area contributed by atoms with E-state index in [1.54, 1.807) is 38.2 Å². The normalized spacial score (nSPS) is 13.6. The second kappa shape index (κ2) is 11.1. The van der Waals surface area contributed by atoms with Crippen LogP contribution in [0.25, 0.3) is 11.3 Å². The second-order valence-corrected chi connectivity index (χ2v) is 9.02. The fourth-order valence-corrected chi connectivity index (χ4v) is 3.78. The van der Waals surface area contributed by atoms with Gasteiger partial charge in [0.1, 0.15) is 18.4 Å². The fraction of sp³-hybridized carbons (Fsp3) is 0.333. The maximum atomic E-state index is 11.9. The van der Waals surface area contributed by atoms with Gasteiger partial charge in [-0.3, -0.25) is 4.79 Å². The molecule has 9 heteroatoms. The third-order valence-corrected chi connectivity index (χ3v) is 5.88. The third-order valence-electron chi connectivity index (χ3n) is 5.88. The molecule has 1 aromatic heterocycles. The number of carbonyl (C=O) groups excluding carboxylic acids is 1. The number of anilines is 3. The molecule has 1 aliphatic heterocycles. The summed E-state index contributed by atoms with van der Waals surface area (Å²) in [6, 6.07) is 17.3. The predicted molar refractivity (Wildman–Crippen MR) is 136 cm³/mol. The molecule has 0 atom stereocenters. The van der Waals surface area contributed by atoms with Gasteiger partial charge in [-0.15, -0.1) is 0 Å². The number of nitrogens with zero attached hydrogens (tertiary/aromatic N) is 4. The Morgan fingerprint density at radius 3 is 2.61 bits per heavy atom. The van der Waals surface area contributed by atoms with Gasteiger partial charge in [0, 0.05) is 36.2 Å². The summed E-state index contributed by atoms with van der Waals surface area (Å²) in [7, 11) is 1.34. The number of hydrogen-bond donors (Lipinski definition) is 1. The van der Waals surface area contributed by atoms with Gasteiger partial charge >= 0.3 is 5.97 Å². The number of carbonyl (C=O) groups is 1. The van der Waals surface area contributed by atoms with Crippen LogP contribution in [0.1, 0.15) is 19.4 Å². The van der Waals surface area contributed by atoms with E-state index in [2.05, 4.69) is 38.4 Å². The van der Waals surface area contributed by atoms with Gasteiger partial charge in [-0.1, -0.05) is 0 Å². The molecule has 3 aromatic rings. The average Bonchev–Trinajstić information content (AvgIpc) is 2.92. The number of aromatic nitrogens is 2. The van der Waals surface area contributed by atoms with Crippen molar-refractivity contribution >= 4 is 23.3 Å². The van der Waals surface area contributed by atoms with Crippen molar-refractivity contribution in [2.24, 2.45) is 5.41 Å². The number of benzene rings is 2. The summed E-state index contributed by atoms with van der Waals surface area (Å²) in [5.41, 5.74) is 2.95. The SMILES string of the molecule is COC(=O)C(C)(C)COc1ccc(-c2ccnc(Nc3ccc(N4CCOCC4)cc3)n2)cc1C#N. The van der Waals surface area contributed by atoms with Crippen LogP contribution in [-0.2, 0) is 14.3 Å². The Kier molecular flexibility index (Phi) is 7.66. The lowest BCUT2D eigenvalue weighted by Crippen LogP contribution is -2.36. The smallest absolute Gasteiger partial charge is 0.314 e. The van der Waals surface area contributed by atoms with Gasteiger partial charge in [0.05, 0.1) is 37.0 Å². The molecular weight excluding hydrogens is 458 g/mol. The average molecular weight is 488 g/mol. The minimum atomic E-state index is -0.840. The van der Waals surface area contributed by atoms with Gasteiger partial charge < -0.3 is 24.4 Å². The fourth-order valence-electron chi connectivity index (χ4n) is 3.78. The van der Waals surface area contributed by atoms with E-state index in [9.17, 15) is 10.1 Å². The molecule has 0 amide bonds. The molecule has 1 N–H and O–H groups in total. The summed E-state index contributed by atoms with van der Waals surface area (Å²) < 4.78 is 16.0. The highest BCUT2D eigenvalue weighted by atomic mass is 16.5. The minimum Gasteiger partial charge on any atom is -0.491 e. The summed E-state index contributed by atoms with van der Waals surface area (Å²) in [5, 5.41) is 12.9. The van der Waals surface area contributed by atoms with Gasteiger partial charge in [0.15, 0.2) is 0 Å².